The van der Waals surface area contributed by atoms with Crippen molar-refractivity contribution in [1.82, 2.24) is 0 Å². The summed E-state index contributed by atoms with van der Waals surface area (Å²) in [5.74, 6) is -0.305. The first-order valence-electron chi connectivity index (χ1n) is 19.7. The minimum Gasteiger partial charge on any atom is -0.347 e. The van der Waals surface area contributed by atoms with Crippen LogP contribution in [0, 0.1) is 0 Å². The monoisotopic (exact) mass is 613 g/mol. The molecule has 0 bridgehead atoms. The fourth-order valence-corrected chi connectivity index (χ4v) is 6.15. The van der Waals surface area contributed by atoms with E-state index in [1.165, 1.54) is 161 Å². The highest BCUT2D eigenvalue weighted by atomic mass is 16.7. The van der Waals surface area contributed by atoms with E-state index in [9.17, 15) is 0 Å². The highest BCUT2D eigenvalue weighted by Gasteiger charge is 2.39. The summed E-state index contributed by atoms with van der Waals surface area (Å²) in [6.45, 7) is 7.59. The average Bonchev–Trinajstić information content (AvgIpc) is 3.43. The van der Waals surface area contributed by atoms with Crippen molar-refractivity contribution >= 4 is 0 Å². The lowest BCUT2D eigenvalue weighted by Crippen LogP contribution is -2.31. The molecule has 1 saturated heterocycles. The number of hydrogen-bond donors (Lipinski definition) is 0. The standard InChI is InChI=1S/C42H76O2/c1-4-7-9-11-13-15-17-19-21-23-25-27-29-31-33-35-38-42(43-40-41(44-42)37-6-3)39-36-34-32-30-28-26-24-22-20-18-16-14-12-10-8-5-2/h13-16,25-28,41H,4-12,17-24,29-40H2,1-3H3/b15-13-,16-14-,27-25-,28-26-/t41-/m0/s1. The second-order valence-corrected chi connectivity index (χ2v) is 13.4. The minimum absolute atomic E-state index is 0.305. The van der Waals surface area contributed by atoms with Crippen LogP contribution < -0.4 is 0 Å². The molecule has 0 unspecified atom stereocenters. The van der Waals surface area contributed by atoms with Crippen LogP contribution in [0.1, 0.15) is 201 Å². The van der Waals surface area contributed by atoms with Crippen molar-refractivity contribution in [2.75, 3.05) is 6.61 Å². The summed E-state index contributed by atoms with van der Waals surface area (Å²) < 4.78 is 13.0. The summed E-state index contributed by atoms with van der Waals surface area (Å²) in [7, 11) is 0. The summed E-state index contributed by atoms with van der Waals surface area (Å²) in [4.78, 5) is 0. The van der Waals surface area contributed by atoms with E-state index >= 15 is 0 Å². The molecule has 0 N–H and O–H groups in total. The molecule has 0 radical (unpaired) electrons. The van der Waals surface area contributed by atoms with Gasteiger partial charge in [0, 0.05) is 12.8 Å². The maximum atomic E-state index is 6.58. The smallest absolute Gasteiger partial charge is 0.168 e. The van der Waals surface area contributed by atoms with E-state index in [1.807, 2.05) is 0 Å². The molecule has 1 aliphatic heterocycles. The van der Waals surface area contributed by atoms with E-state index in [-0.39, 0.29) is 5.79 Å². The average molecular weight is 613 g/mol. The third-order valence-electron chi connectivity index (χ3n) is 8.98. The Labute approximate surface area is 276 Å². The van der Waals surface area contributed by atoms with Crippen LogP contribution in [0.25, 0.3) is 0 Å². The van der Waals surface area contributed by atoms with Crippen LogP contribution in [0.5, 0.6) is 0 Å². The zero-order valence-corrected chi connectivity index (χ0v) is 30.0. The Balaban J connectivity index is 2.10. The van der Waals surface area contributed by atoms with Gasteiger partial charge in [0.05, 0.1) is 12.7 Å². The first kappa shape index (κ1) is 40.9. The van der Waals surface area contributed by atoms with Gasteiger partial charge < -0.3 is 9.47 Å². The Bertz CT molecular complexity index is 655. The molecule has 1 rings (SSSR count). The number of rotatable bonds is 32. The van der Waals surface area contributed by atoms with Crippen LogP contribution in [0.15, 0.2) is 48.6 Å². The lowest BCUT2D eigenvalue weighted by atomic mass is 9.99. The van der Waals surface area contributed by atoms with Gasteiger partial charge in [0.2, 0.25) is 0 Å². The SMILES string of the molecule is CCCCC/C=C\CCCC/C=C\CCCCCC1(CCCCC/C=C\CCCC/C=C\CCCCC)OC[C@H](CCC)O1. The Kier molecular flexibility index (Phi) is 29.6. The van der Waals surface area contributed by atoms with E-state index in [0.717, 1.165) is 25.9 Å². The normalized spacial score (nSPS) is 17.0. The first-order valence-corrected chi connectivity index (χ1v) is 19.7. The number of hydrogen-bond acceptors (Lipinski definition) is 2. The minimum atomic E-state index is -0.305. The van der Waals surface area contributed by atoms with Crippen LogP contribution in [0.2, 0.25) is 0 Å². The predicted octanol–water partition coefficient (Wildman–Crippen LogP) is 14.3. The molecule has 256 valence electrons. The van der Waals surface area contributed by atoms with Gasteiger partial charge in [-0.05, 0) is 122 Å². The second kappa shape index (κ2) is 31.8. The van der Waals surface area contributed by atoms with E-state index in [4.69, 9.17) is 9.47 Å². The van der Waals surface area contributed by atoms with Gasteiger partial charge in [0.1, 0.15) is 0 Å². The largest absolute Gasteiger partial charge is 0.347 e. The maximum Gasteiger partial charge on any atom is 0.168 e. The fourth-order valence-electron chi connectivity index (χ4n) is 6.15. The van der Waals surface area contributed by atoms with Gasteiger partial charge in [0.25, 0.3) is 0 Å². The topological polar surface area (TPSA) is 18.5 Å². The third kappa shape index (κ3) is 25.1. The quantitative estimate of drug-likeness (QED) is 0.0556. The first-order chi connectivity index (χ1) is 21.8. The van der Waals surface area contributed by atoms with Crippen molar-refractivity contribution in [2.24, 2.45) is 0 Å². The number of unbranched alkanes of at least 4 members (excludes halogenated alkanes) is 18. The fraction of sp³-hybridized carbons (Fsp3) is 0.810. The second-order valence-electron chi connectivity index (χ2n) is 13.4. The van der Waals surface area contributed by atoms with Crippen LogP contribution in [-0.4, -0.2) is 18.5 Å². The zero-order valence-electron chi connectivity index (χ0n) is 30.0. The summed E-state index contributed by atoms with van der Waals surface area (Å²) in [5.41, 5.74) is 0. The predicted molar refractivity (Wildman–Crippen MR) is 196 cm³/mol. The van der Waals surface area contributed by atoms with Gasteiger partial charge in [-0.25, -0.2) is 0 Å². The molecule has 0 saturated carbocycles. The van der Waals surface area contributed by atoms with E-state index < -0.39 is 0 Å². The summed E-state index contributed by atoms with van der Waals surface area (Å²) in [5, 5.41) is 0. The number of allylic oxidation sites excluding steroid dienone is 8. The lowest BCUT2D eigenvalue weighted by molar-refractivity contribution is -0.179. The Hall–Kier alpha value is -1.12. The highest BCUT2D eigenvalue weighted by Crippen LogP contribution is 2.35. The lowest BCUT2D eigenvalue weighted by Gasteiger charge is -2.28. The molecule has 1 fully saturated rings. The summed E-state index contributed by atoms with van der Waals surface area (Å²) in [6.07, 6.45) is 54.8. The Morgan fingerprint density at radius 3 is 1.11 bits per heavy atom. The van der Waals surface area contributed by atoms with Crippen molar-refractivity contribution in [3.63, 3.8) is 0 Å². The molecule has 0 aromatic rings. The van der Waals surface area contributed by atoms with Crippen LogP contribution in [0.3, 0.4) is 0 Å². The third-order valence-corrected chi connectivity index (χ3v) is 8.98. The molecule has 44 heavy (non-hydrogen) atoms. The van der Waals surface area contributed by atoms with Crippen LogP contribution in [0.4, 0.5) is 0 Å². The Morgan fingerprint density at radius 2 is 0.773 bits per heavy atom. The van der Waals surface area contributed by atoms with Gasteiger partial charge in [-0.1, -0.05) is 114 Å². The molecule has 0 aromatic carbocycles. The van der Waals surface area contributed by atoms with E-state index in [2.05, 4.69) is 69.4 Å². The van der Waals surface area contributed by atoms with Crippen molar-refractivity contribution in [3.05, 3.63) is 48.6 Å². The maximum absolute atomic E-state index is 6.58. The number of ether oxygens (including phenoxy) is 2. The van der Waals surface area contributed by atoms with Crippen molar-refractivity contribution < 1.29 is 9.47 Å². The highest BCUT2D eigenvalue weighted by molar-refractivity contribution is 4.86. The van der Waals surface area contributed by atoms with Gasteiger partial charge in [-0.15, -0.1) is 0 Å². The van der Waals surface area contributed by atoms with Gasteiger partial charge in [-0.2, -0.15) is 0 Å². The molecule has 0 aliphatic carbocycles. The van der Waals surface area contributed by atoms with E-state index in [0.29, 0.717) is 6.10 Å². The molecule has 0 amide bonds. The van der Waals surface area contributed by atoms with Gasteiger partial charge >= 0.3 is 0 Å². The molecule has 2 heteroatoms. The molecular formula is C42H76O2. The van der Waals surface area contributed by atoms with Crippen molar-refractivity contribution in [3.8, 4) is 0 Å². The molecule has 1 heterocycles. The Morgan fingerprint density at radius 1 is 0.432 bits per heavy atom. The zero-order chi connectivity index (χ0) is 31.7. The van der Waals surface area contributed by atoms with Gasteiger partial charge in [0.15, 0.2) is 5.79 Å². The molecule has 0 spiro atoms. The molecule has 0 aromatic heterocycles. The summed E-state index contributed by atoms with van der Waals surface area (Å²) in [6, 6.07) is 0. The molecular weight excluding hydrogens is 536 g/mol. The van der Waals surface area contributed by atoms with Crippen LogP contribution >= 0.6 is 0 Å². The van der Waals surface area contributed by atoms with Crippen LogP contribution in [-0.2, 0) is 9.47 Å². The summed E-state index contributed by atoms with van der Waals surface area (Å²) >= 11 is 0. The molecule has 1 aliphatic rings. The van der Waals surface area contributed by atoms with Gasteiger partial charge in [-0.3, -0.25) is 0 Å². The van der Waals surface area contributed by atoms with Crippen molar-refractivity contribution in [2.45, 2.75) is 212 Å². The molecule has 1 atom stereocenters. The molecule has 2 nitrogen and oxygen atoms in total. The van der Waals surface area contributed by atoms with E-state index in [1.54, 1.807) is 0 Å². The van der Waals surface area contributed by atoms with Crippen molar-refractivity contribution in [1.29, 1.82) is 0 Å².